The van der Waals surface area contributed by atoms with Gasteiger partial charge in [0.2, 0.25) is 15.9 Å². The first-order valence-corrected chi connectivity index (χ1v) is 10.8. The summed E-state index contributed by atoms with van der Waals surface area (Å²) in [5.41, 5.74) is -0.309. The summed E-state index contributed by atoms with van der Waals surface area (Å²) in [6.07, 6.45) is 0.122. The molecule has 9 nitrogen and oxygen atoms in total. The van der Waals surface area contributed by atoms with Crippen molar-refractivity contribution in [2.45, 2.75) is 17.9 Å². The summed E-state index contributed by atoms with van der Waals surface area (Å²) >= 11 is 4.89. The Morgan fingerprint density at radius 2 is 2.11 bits per heavy atom. The van der Waals surface area contributed by atoms with Crippen LogP contribution >= 0.6 is 27.3 Å². The molecular weight excluding hydrogens is 460 g/mol. The van der Waals surface area contributed by atoms with E-state index >= 15 is 0 Å². The van der Waals surface area contributed by atoms with Gasteiger partial charge in [-0.1, -0.05) is 0 Å². The maximum absolute atomic E-state index is 12.2. The Balaban J connectivity index is 1.97. The summed E-state index contributed by atoms with van der Waals surface area (Å²) in [7, 11) is -2.36. The van der Waals surface area contributed by atoms with Gasteiger partial charge >= 0.3 is 0 Å². The molecule has 146 valence electrons. The van der Waals surface area contributed by atoms with Gasteiger partial charge in [0.15, 0.2) is 0 Å². The van der Waals surface area contributed by atoms with Gasteiger partial charge in [0.25, 0.3) is 5.69 Å². The molecule has 0 aliphatic heterocycles. The van der Waals surface area contributed by atoms with E-state index in [-0.39, 0.29) is 29.5 Å². The van der Waals surface area contributed by atoms with Crippen LogP contribution in [0.15, 0.2) is 39.0 Å². The van der Waals surface area contributed by atoms with Crippen LogP contribution in [0.2, 0.25) is 0 Å². The second-order valence-electron chi connectivity index (χ2n) is 5.64. The molecule has 1 aromatic carbocycles. The molecule has 2 rings (SSSR count). The number of hydrogen-bond donors (Lipinski definition) is 2. The molecule has 0 atom stereocenters. The molecule has 0 spiro atoms. The molecule has 0 saturated heterocycles. The highest BCUT2D eigenvalue weighted by atomic mass is 79.9. The Hall–Kier alpha value is -2.02. The summed E-state index contributed by atoms with van der Waals surface area (Å²) in [4.78, 5) is 24.9. The Morgan fingerprint density at radius 3 is 2.67 bits per heavy atom. The molecule has 0 aliphatic carbocycles. The zero-order chi connectivity index (χ0) is 20.2. The zero-order valence-electron chi connectivity index (χ0n) is 14.2. The fraction of sp³-hybridized carbons (Fsp3) is 0.267. The molecule has 27 heavy (non-hydrogen) atoms. The Bertz CT molecular complexity index is 961. The number of carbonyl (C=O) groups excluding carboxylic acids is 1. The number of hydrogen-bond acceptors (Lipinski definition) is 7. The van der Waals surface area contributed by atoms with E-state index in [0.29, 0.717) is 6.54 Å². The normalized spacial score (nSPS) is 11.2. The van der Waals surface area contributed by atoms with Crippen LogP contribution in [0.25, 0.3) is 0 Å². The maximum atomic E-state index is 12.2. The molecule has 0 radical (unpaired) electrons. The van der Waals surface area contributed by atoms with Gasteiger partial charge in [-0.05, 0) is 34.1 Å². The van der Waals surface area contributed by atoms with Crippen LogP contribution in [0.3, 0.4) is 0 Å². The number of nitrogens with zero attached hydrogens (tertiary/aromatic N) is 2. The lowest BCUT2D eigenvalue weighted by molar-refractivity contribution is -0.384. The third-order valence-electron chi connectivity index (χ3n) is 3.59. The molecular formula is C15H17BrN4O5S2. The second-order valence-corrected chi connectivity index (χ2v) is 9.11. The van der Waals surface area contributed by atoms with E-state index in [1.807, 2.05) is 11.4 Å². The van der Waals surface area contributed by atoms with Crippen molar-refractivity contribution in [3.63, 3.8) is 0 Å². The Kier molecular flexibility index (Phi) is 6.92. The number of thiophene rings is 1. The minimum atomic E-state index is -4.04. The van der Waals surface area contributed by atoms with Gasteiger partial charge in [-0.3, -0.25) is 14.9 Å². The molecule has 0 fully saturated rings. The van der Waals surface area contributed by atoms with Crippen molar-refractivity contribution in [3.05, 3.63) is 49.1 Å². The average molecular weight is 477 g/mol. The molecule has 0 saturated carbocycles. The van der Waals surface area contributed by atoms with Gasteiger partial charge in [0, 0.05) is 40.8 Å². The number of nitrogens with two attached hydrogens (primary N) is 1. The lowest BCUT2D eigenvalue weighted by Gasteiger charge is -2.16. The van der Waals surface area contributed by atoms with Gasteiger partial charge in [0.1, 0.15) is 5.69 Å². The minimum Gasteiger partial charge on any atom is -0.379 e. The van der Waals surface area contributed by atoms with Gasteiger partial charge in [-0.25, -0.2) is 13.6 Å². The largest absolute Gasteiger partial charge is 0.379 e. The van der Waals surface area contributed by atoms with Crippen LogP contribution in [0.5, 0.6) is 0 Å². The van der Waals surface area contributed by atoms with Crippen molar-refractivity contribution in [3.8, 4) is 0 Å². The molecule has 1 heterocycles. The van der Waals surface area contributed by atoms with Gasteiger partial charge in [0.05, 0.1) is 16.4 Å². The van der Waals surface area contributed by atoms with Crippen molar-refractivity contribution in [1.82, 2.24) is 4.90 Å². The van der Waals surface area contributed by atoms with E-state index < -0.39 is 20.6 Å². The van der Waals surface area contributed by atoms with E-state index in [1.165, 1.54) is 23.5 Å². The van der Waals surface area contributed by atoms with Crippen LogP contribution in [0, 0.1) is 10.1 Å². The van der Waals surface area contributed by atoms with E-state index in [2.05, 4.69) is 21.2 Å². The average Bonchev–Trinajstić information content (AvgIpc) is 2.98. The lowest BCUT2D eigenvalue weighted by Crippen LogP contribution is -2.27. The molecule has 1 amide bonds. The quantitative estimate of drug-likeness (QED) is 0.443. The Morgan fingerprint density at radius 1 is 1.41 bits per heavy atom. The van der Waals surface area contributed by atoms with E-state index in [0.717, 1.165) is 15.4 Å². The lowest BCUT2D eigenvalue weighted by atomic mass is 10.2. The molecule has 2 aromatic rings. The van der Waals surface area contributed by atoms with Crippen LogP contribution in [-0.2, 0) is 21.4 Å². The van der Waals surface area contributed by atoms with Crippen LogP contribution in [0.1, 0.15) is 11.3 Å². The summed E-state index contributed by atoms with van der Waals surface area (Å²) in [5, 5.41) is 20.9. The number of nitro benzene ring substituents is 1. The van der Waals surface area contributed by atoms with Crippen molar-refractivity contribution < 1.29 is 18.1 Å². The van der Waals surface area contributed by atoms with Gasteiger partial charge in [-0.15, -0.1) is 11.3 Å². The van der Waals surface area contributed by atoms with Crippen molar-refractivity contribution in [2.75, 3.05) is 18.9 Å². The number of amides is 1. The molecule has 1 aromatic heterocycles. The van der Waals surface area contributed by atoms with Gasteiger partial charge in [-0.2, -0.15) is 0 Å². The highest BCUT2D eigenvalue weighted by molar-refractivity contribution is 9.10. The molecule has 0 bridgehead atoms. The fourth-order valence-corrected chi connectivity index (χ4v) is 4.28. The van der Waals surface area contributed by atoms with E-state index in [1.54, 1.807) is 11.9 Å². The monoisotopic (exact) mass is 476 g/mol. The van der Waals surface area contributed by atoms with Crippen LogP contribution < -0.4 is 10.5 Å². The standard InChI is InChI=1S/C15H17BrN4O5S2/c1-19(8-11-6-10(16)9-26-11)15(21)4-5-18-13-3-2-12(27(17,24)25)7-14(13)20(22)23/h2-3,6-7,9,18H,4-5,8H2,1H3,(H2,17,24,25). The molecule has 0 aliphatic rings. The number of carbonyl (C=O) groups is 1. The molecule has 3 N–H and O–H groups in total. The summed E-state index contributed by atoms with van der Waals surface area (Å²) in [6.45, 7) is 0.630. The zero-order valence-corrected chi connectivity index (χ0v) is 17.4. The number of sulfonamides is 1. The number of rotatable bonds is 8. The van der Waals surface area contributed by atoms with Crippen molar-refractivity contribution in [1.29, 1.82) is 0 Å². The smallest absolute Gasteiger partial charge is 0.293 e. The number of primary sulfonamides is 1. The molecule has 12 heteroatoms. The Labute approximate surface area is 168 Å². The number of halogens is 1. The topological polar surface area (TPSA) is 136 Å². The summed E-state index contributed by atoms with van der Waals surface area (Å²) < 4.78 is 23.6. The predicted molar refractivity (Wildman–Crippen MR) is 106 cm³/mol. The molecule has 0 unspecified atom stereocenters. The van der Waals surface area contributed by atoms with Crippen LogP contribution in [0.4, 0.5) is 11.4 Å². The number of nitro groups is 1. The third kappa shape index (κ3) is 5.99. The van der Waals surface area contributed by atoms with Crippen LogP contribution in [-0.4, -0.2) is 37.7 Å². The first-order chi connectivity index (χ1) is 12.6. The highest BCUT2D eigenvalue weighted by Gasteiger charge is 2.19. The highest BCUT2D eigenvalue weighted by Crippen LogP contribution is 2.27. The minimum absolute atomic E-state index is 0.116. The van der Waals surface area contributed by atoms with Crippen molar-refractivity contribution >= 4 is 54.6 Å². The second kappa shape index (κ2) is 8.78. The van der Waals surface area contributed by atoms with E-state index in [4.69, 9.17) is 5.14 Å². The van der Waals surface area contributed by atoms with E-state index in [9.17, 15) is 23.3 Å². The fourth-order valence-electron chi connectivity index (χ4n) is 2.24. The SMILES string of the molecule is CN(Cc1cc(Br)cs1)C(=O)CCNc1ccc(S(N)(=O)=O)cc1[N+](=O)[O-]. The predicted octanol–water partition coefficient (Wildman–Crippen LogP) is 2.53. The summed E-state index contributed by atoms with van der Waals surface area (Å²) in [5.74, 6) is -0.129. The maximum Gasteiger partial charge on any atom is 0.293 e. The number of anilines is 1. The number of benzene rings is 1. The van der Waals surface area contributed by atoms with Gasteiger partial charge < -0.3 is 10.2 Å². The third-order valence-corrected chi connectivity index (χ3v) is 6.18. The van der Waals surface area contributed by atoms with Crippen molar-refractivity contribution in [2.24, 2.45) is 5.14 Å². The summed E-state index contributed by atoms with van der Waals surface area (Å²) in [6, 6.07) is 5.26. The first-order valence-electron chi connectivity index (χ1n) is 7.60. The first kappa shape index (κ1) is 21.3. The number of nitrogens with one attached hydrogen (secondary N) is 1.